The number of likely N-dealkylation sites (tertiary alicyclic amines) is 1. The highest BCUT2D eigenvalue weighted by atomic mass is 79.9. The first-order chi connectivity index (χ1) is 15.6. The second kappa shape index (κ2) is 10.8. The third-order valence-electron chi connectivity index (χ3n) is 5.26. The fraction of sp³-hybridized carbons (Fsp3) is 0.348. The van der Waals surface area contributed by atoms with Crippen molar-refractivity contribution >= 4 is 39.3 Å². The van der Waals surface area contributed by atoms with Crippen molar-refractivity contribution in [2.45, 2.75) is 32.0 Å². The number of anilines is 1. The zero-order valence-electron chi connectivity index (χ0n) is 17.7. The van der Waals surface area contributed by atoms with E-state index in [1.54, 1.807) is 22.3 Å². The SMILES string of the molecule is O=C(CNC(=O)C(F)(F)F)c1ccc(CN(C(=O)N2CCCCC2)c2cccc(Br)c2)cc1. The first-order valence-electron chi connectivity index (χ1n) is 10.4. The minimum absolute atomic E-state index is 0.109. The van der Waals surface area contributed by atoms with Crippen molar-refractivity contribution in [3.05, 3.63) is 64.1 Å². The van der Waals surface area contributed by atoms with E-state index in [9.17, 15) is 27.6 Å². The molecule has 2 aromatic rings. The Kier molecular flexibility index (Phi) is 8.12. The average molecular weight is 526 g/mol. The van der Waals surface area contributed by atoms with E-state index in [4.69, 9.17) is 0 Å². The van der Waals surface area contributed by atoms with Crippen molar-refractivity contribution in [1.29, 1.82) is 0 Å². The normalized spacial score (nSPS) is 14.0. The Balaban J connectivity index is 1.72. The second-order valence-corrected chi connectivity index (χ2v) is 8.61. The smallest absolute Gasteiger partial charge is 0.341 e. The molecule has 0 spiro atoms. The van der Waals surface area contributed by atoms with Gasteiger partial charge < -0.3 is 10.2 Å². The minimum atomic E-state index is -5.04. The van der Waals surface area contributed by atoms with E-state index in [-0.39, 0.29) is 18.1 Å². The van der Waals surface area contributed by atoms with Crippen LogP contribution in [-0.2, 0) is 11.3 Å². The summed E-state index contributed by atoms with van der Waals surface area (Å²) < 4.78 is 37.7. The zero-order valence-corrected chi connectivity index (χ0v) is 19.3. The van der Waals surface area contributed by atoms with Crippen molar-refractivity contribution in [3.8, 4) is 0 Å². The van der Waals surface area contributed by atoms with Crippen LogP contribution < -0.4 is 10.2 Å². The molecule has 6 nitrogen and oxygen atoms in total. The van der Waals surface area contributed by atoms with Crippen LogP contribution in [0.15, 0.2) is 53.0 Å². The highest BCUT2D eigenvalue weighted by molar-refractivity contribution is 9.10. The van der Waals surface area contributed by atoms with Gasteiger partial charge in [-0.05, 0) is 43.0 Å². The van der Waals surface area contributed by atoms with Gasteiger partial charge in [-0.25, -0.2) is 4.79 Å². The Morgan fingerprint density at radius 1 is 1.00 bits per heavy atom. The predicted octanol–water partition coefficient (Wildman–Crippen LogP) is 4.92. The van der Waals surface area contributed by atoms with Crippen LogP contribution in [-0.4, -0.2) is 48.4 Å². The molecule has 1 heterocycles. The number of carbonyl (C=O) groups is 3. The largest absolute Gasteiger partial charge is 0.471 e. The maximum Gasteiger partial charge on any atom is 0.471 e. The van der Waals surface area contributed by atoms with Crippen LogP contribution in [0.4, 0.5) is 23.7 Å². The molecule has 1 aliphatic rings. The van der Waals surface area contributed by atoms with E-state index in [0.717, 1.165) is 35.0 Å². The van der Waals surface area contributed by atoms with Crippen LogP contribution in [0.1, 0.15) is 35.2 Å². The number of hydrogen-bond donors (Lipinski definition) is 1. The third-order valence-corrected chi connectivity index (χ3v) is 5.75. The molecule has 10 heteroatoms. The number of Topliss-reactive ketones (excluding diaryl/α,β-unsaturated/α-hetero) is 1. The summed E-state index contributed by atoms with van der Waals surface area (Å²) in [6, 6.07) is 13.5. The lowest BCUT2D eigenvalue weighted by atomic mass is 10.1. The van der Waals surface area contributed by atoms with E-state index in [2.05, 4.69) is 15.9 Å². The van der Waals surface area contributed by atoms with Gasteiger partial charge in [-0.2, -0.15) is 13.2 Å². The second-order valence-electron chi connectivity index (χ2n) is 7.70. The number of nitrogens with one attached hydrogen (secondary N) is 1. The number of piperidine rings is 1. The molecule has 0 bridgehead atoms. The van der Waals surface area contributed by atoms with Crippen LogP contribution in [0.3, 0.4) is 0 Å². The van der Waals surface area contributed by atoms with Crippen molar-refractivity contribution in [2.75, 3.05) is 24.5 Å². The van der Waals surface area contributed by atoms with Gasteiger partial charge >= 0.3 is 18.1 Å². The number of amides is 3. The number of nitrogens with zero attached hydrogens (tertiary/aromatic N) is 2. The maximum absolute atomic E-state index is 13.3. The third kappa shape index (κ3) is 6.80. The summed E-state index contributed by atoms with van der Waals surface area (Å²) in [6.45, 7) is 0.890. The summed E-state index contributed by atoms with van der Waals surface area (Å²) in [5.74, 6) is -2.80. The van der Waals surface area contributed by atoms with E-state index >= 15 is 0 Å². The number of ketones is 1. The highest BCUT2D eigenvalue weighted by Crippen LogP contribution is 2.24. The highest BCUT2D eigenvalue weighted by Gasteiger charge is 2.38. The molecule has 0 radical (unpaired) electrons. The number of benzene rings is 2. The fourth-order valence-electron chi connectivity index (χ4n) is 3.51. The molecule has 1 aliphatic heterocycles. The van der Waals surface area contributed by atoms with Gasteiger partial charge in [0.05, 0.1) is 13.1 Å². The number of halogens is 4. The van der Waals surface area contributed by atoms with Crippen molar-refractivity contribution in [1.82, 2.24) is 10.2 Å². The lowest BCUT2D eigenvalue weighted by molar-refractivity contribution is -0.173. The molecule has 0 atom stereocenters. The maximum atomic E-state index is 13.3. The molecule has 176 valence electrons. The standard InChI is InChI=1S/C23H23BrF3N3O3/c24-18-5-4-6-19(13-18)30(22(33)29-11-2-1-3-12-29)15-16-7-9-17(10-8-16)20(31)14-28-21(32)23(25,26)27/h4-10,13H,1-3,11-12,14-15H2,(H,28,32). The number of alkyl halides is 3. The van der Waals surface area contributed by atoms with Crippen LogP contribution in [0.25, 0.3) is 0 Å². The summed E-state index contributed by atoms with van der Waals surface area (Å²) in [6.07, 6.45) is -2.03. The first kappa shape index (κ1) is 24.8. The quantitative estimate of drug-likeness (QED) is 0.544. The summed E-state index contributed by atoms with van der Waals surface area (Å²) >= 11 is 3.43. The number of carbonyl (C=O) groups excluding carboxylic acids is 3. The molecule has 33 heavy (non-hydrogen) atoms. The Morgan fingerprint density at radius 2 is 1.67 bits per heavy atom. The molecule has 1 fully saturated rings. The molecule has 1 N–H and O–H groups in total. The molecule has 0 unspecified atom stereocenters. The van der Waals surface area contributed by atoms with Crippen LogP contribution in [0.5, 0.6) is 0 Å². The summed E-state index contributed by atoms with van der Waals surface area (Å²) in [5, 5.41) is 1.57. The summed E-state index contributed by atoms with van der Waals surface area (Å²) in [4.78, 5) is 39.8. The Morgan fingerprint density at radius 3 is 2.27 bits per heavy atom. The molecule has 3 rings (SSSR count). The van der Waals surface area contributed by atoms with Crippen molar-refractivity contribution in [2.24, 2.45) is 0 Å². The lowest BCUT2D eigenvalue weighted by Crippen LogP contribution is -2.45. The van der Waals surface area contributed by atoms with E-state index < -0.39 is 24.4 Å². The minimum Gasteiger partial charge on any atom is -0.341 e. The van der Waals surface area contributed by atoms with Crippen LogP contribution in [0, 0.1) is 0 Å². The molecule has 0 aliphatic carbocycles. The molecule has 1 saturated heterocycles. The topological polar surface area (TPSA) is 69.7 Å². The summed E-state index contributed by atoms with van der Waals surface area (Å²) in [5.41, 5.74) is 1.63. The van der Waals surface area contributed by atoms with Gasteiger partial charge in [-0.3, -0.25) is 14.5 Å². The van der Waals surface area contributed by atoms with Gasteiger partial charge in [-0.15, -0.1) is 0 Å². The number of rotatable bonds is 6. The number of hydrogen-bond acceptors (Lipinski definition) is 3. The van der Waals surface area contributed by atoms with Crippen LogP contribution in [0.2, 0.25) is 0 Å². The molecular formula is C23H23BrF3N3O3. The monoisotopic (exact) mass is 525 g/mol. The van der Waals surface area contributed by atoms with Gasteiger partial charge in [-0.1, -0.05) is 46.3 Å². The Labute approximate surface area is 197 Å². The van der Waals surface area contributed by atoms with E-state index in [1.165, 1.54) is 12.1 Å². The zero-order chi connectivity index (χ0) is 24.0. The van der Waals surface area contributed by atoms with Gasteiger partial charge in [0, 0.05) is 28.8 Å². The first-order valence-corrected chi connectivity index (χ1v) is 11.2. The van der Waals surface area contributed by atoms with Crippen molar-refractivity contribution < 1.29 is 27.6 Å². The van der Waals surface area contributed by atoms with E-state index in [1.807, 2.05) is 29.2 Å². The van der Waals surface area contributed by atoms with E-state index in [0.29, 0.717) is 13.1 Å². The molecule has 0 saturated carbocycles. The van der Waals surface area contributed by atoms with Gasteiger partial charge in [0.2, 0.25) is 0 Å². The molecular weight excluding hydrogens is 503 g/mol. The fourth-order valence-corrected chi connectivity index (χ4v) is 3.90. The average Bonchev–Trinajstić information content (AvgIpc) is 2.80. The van der Waals surface area contributed by atoms with Crippen molar-refractivity contribution in [3.63, 3.8) is 0 Å². The molecule has 0 aromatic heterocycles. The Bertz CT molecular complexity index is 1010. The summed E-state index contributed by atoms with van der Waals surface area (Å²) in [7, 11) is 0. The predicted molar refractivity (Wildman–Crippen MR) is 121 cm³/mol. The van der Waals surface area contributed by atoms with Crippen LogP contribution >= 0.6 is 15.9 Å². The number of urea groups is 1. The van der Waals surface area contributed by atoms with Gasteiger partial charge in [0.1, 0.15) is 0 Å². The van der Waals surface area contributed by atoms with Gasteiger partial charge in [0.25, 0.3) is 0 Å². The van der Waals surface area contributed by atoms with Gasteiger partial charge in [0.15, 0.2) is 5.78 Å². The Hall–Kier alpha value is -2.88. The lowest BCUT2D eigenvalue weighted by Gasteiger charge is -2.33. The molecule has 2 aromatic carbocycles. The molecule has 3 amide bonds.